The van der Waals surface area contributed by atoms with E-state index in [9.17, 15) is 10.1 Å². The first kappa shape index (κ1) is 14.2. The van der Waals surface area contributed by atoms with Crippen LogP contribution in [0.25, 0.3) is 0 Å². The van der Waals surface area contributed by atoms with Gasteiger partial charge in [0.05, 0.1) is 11.5 Å². The van der Waals surface area contributed by atoms with Crippen molar-refractivity contribution in [3.63, 3.8) is 0 Å². The van der Waals surface area contributed by atoms with Crippen LogP contribution in [0.5, 0.6) is 5.75 Å². The first-order chi connectivity index (χ1) is 8.65. The number of benzene rings is 1. The minimum Gasteiger partial charge on any atom is -0.487 e. The molecule has 2 N–H and O–H groups in total. The Bertz CT molecular complexity index is 410. The summed E-state index contributed by atoms with van der Waals surface area (Å²) in [5.74, 6) is 0.301. The van der Waals surface area contributed by atoms with E-state index in [0.717, 1.165) is 0 Å². The van der Waals surface area contributed by atoms with Crippen LogP contribution in [0.15, 0.2) is 18.2 Å². The average molecular weight is 253 g/mol. The lowest BCUT2D eigenvalue weighted by Gasteiger charge is -2.22. The SMILES string of the molecule is CCOc1cccc(N(CC)CCN)c1[N+](=O)[O-]. The predicted octanol–water partition coefficient (Wildman–Crippen LogP) is 1.78. The molecule has 0 unspecified atom stereocenters. The van der Waals surface area contributed by atoms with Crippen LogP contribution in [0.2, 0.25) is 0 Å². The summed E-state index contributed by atoms with van der Waals surface area (Å²) in [6.45, 7) is 5.82. The van der Waals surface area contributed by atoms with Crippen molar-refractivity contribution < 1.29 is 9.66 Å². The lowest BCUT2D eigenvalue weighted by molar-refractivity contribution is -0.385. The third-order valence-corrected chi connectivity index (χ3v) is 2.58. The number of anilines is 1. The van der Waals surface area contributed by atoms with Gasteiger partial charge in [0.2, 0.25) is 0 Å². The van der Waals surface area contributed by atoms with Gasteiger partial charge in [-0.2, -0.15) is 0 Å². The topological polar surface area (TPSA) is 81.6 Å². The molecule has 0 aliphatic heterocycles. The molecule has 6 heteroatoms. The number of rotatable bonds is 7. The van der Waals surface area contributed by atoms with Crippen molar-refractivity contribution in [1.29, 1.82) is 0 Å². The van der Waals surface area contributed by atoms with Crippen LogP contribution in [-0.2, 0) is 0 Å². The maximum atomic E-state index is 11.2. The van der Waals surface area contributed by atoms with Gasteiger partial charge >= 0.3 is 5.69 Å². The minimum atomic E-state index is -0.403. The Morgan fingerprint density at radius 2 is 2.17 bits per heavy atom. The van der Waals surface area contributed by atoms with E-state index in [1.807, 2.05) is 11.8 Å². The molecular formula is C12H19N3O3. The van der Waals surface area contributed by atoms with E-state index in [2.05, 4.69) is 0 Å². The monoisotopic (exact) mass is 253 g/mol. The van der Waals surface area contributed by atoms with Gasteiger partial charge in [0.1, 0.15) is 5.69 Å². The molecule has 0 amide bonds. The predicted molar refractivity (Wildman–Crippen MR) is 71.2 cm³/mol. The fraction of sp³-hybridized carbons (Fsp3) is 0.500. The van der Waals surface area contributed by atoms with E-state index in [1.165, 1.54) is 0 Å². The maximum Gasteiger partial charge on any atom is 0.333 e. The first-order valence-electron chi connectivity index (χ1n) is 6.00. The molecule has 0 aliphatic carbocycles. The van der Waals surface area contributed by atoms with Gasteiger partial charge in [-0.05, 0) is 26.0 Å². The van der Waals surface area contributed by atoms with Gasteiger partial charge in [0.15, 0.2) is 5.75 Å². The molecule has 0 aliphatic rings. The van der Waals surface area contributed by atoms with Crippen molar-refractivity contribution in [3.05, 3.63) is 28.3 Å². The molecular weight excluding hydrogens is 234 g/mol. The molecule has 0 bridgehead atoms. The summed E-state index contributed by atoms with van der Waals surface area (Å²) < 4.78 is 5.31. The molecule has 1 aromatic carbocycles. The highest BCUT2D eigenvalue weighted by Gasteiger charge is 2.23. The molecule has 0 saturated carbocycles. The Balaban J connectivity index is 3.24. The van der Waals surface area contributed by atoms with Crippen molar-refractivity contribution in [2.24, 2.45) is 5.73 Å². The number of nitro groups is 1. The quantitative estimate of drug-likeness (QED) is 0.591. The number of para-hydroxylation sites is 1. The summed E-state index contributed by atoms with van der Waals surface area (Å²) in [6.07, 6.45) is 0. The van der Waals surface area contributed by atoms with Crippen molar-refractivity contribution in [3.8, 4) is 5.75 Å². The fourth-order valence-corrected chi connectivity index (χ4v) is 1.83. The number of hydrogen-bond donors (Lipinski definition) is 1. The summed E-state index contributed by atoms with van der Waals surface area (Å²) in [4.78, 5) is 12.7. The Labute approximate surface area is 106 Å². The summed E-state index contributed by atoms with van der Waals surface area (Å²) in [7, 11) is 0. The third-order valence-electron chi connectivity index (χ3n) is 2.58. The first-order valence-corrected chi connectivity index (χ1v) is 6.00. The molecule has 0 heterocycles. The number of hydrogen-bond acceptors (Lipinski definition) is 5. The van der Waals surface area contributed by atoms with Gasteiger partial charge in [-0.25, -0.2) is 0 Å². The summed E-state index contributed by atoms with van der Waals surface area (Å²) >= 11 is 0. The van der Waals surface area contributed by atoms with Crippen LogP contribution in [0.3, 0.4) is 0 Å². The molecule has 100 valence electrons. The summed E-state index contributed by atoms with van der Waals surface area (Å²) in [5, 5.41) is 11.2. The van der Waals surface area contributed by atoms with E-state index >= 15 is 0 Å². The molecule has 1 aromatic rings. The Hall–Kier alpha value is -1.82. The largest absolute Gasteiger partial charge is 0.487 e. The van der Waals surface area contributed by atoms with Gasteiger partial charge < -0.3 is 15.4 Å². The average Bonchev–Trinajstić information content (AvgIpc) is 2.35. The van der Waals surface area contributed by atoms with Crippen molar-refractivity contribution >= 4 is 11.4 Å². The fourth-order valence-electron chi connectivity index (χ4n) is 1.83. The molecule has 0 aromatic heterocycles. The van der Waals surface area contributed by atoms with E-state index in [0.29, 0.717) is 37.7 Å². The second-order valence-corrected chi connectivity index (χ2v) is 3.68. The zero-order chi connectivity index (χ0) is 13.5. The van der Waals surface area contributed by atoms with E-state index < -0.39 is 4.92 Å². The molecule has 18 heavy (non-hydrogen) atoms. The minimum absolute atomic E-state index is 0.00894. The zero-order valence-corrected chi connectivity index (χ0v) is 10.8. The van der Waals surface area contributed by atoms with E-state index in [1.54, 1.807) is 25.1 Å². The highest BCUT2D eigenvalue weighted by molar-refractivity contribution is 5.69. The third kappa shape index (κ3) is 3.10. The Kier molecular flexibility index (Phi) is 5.38. The van der Waals surface area contributed by atoms with Gasteiger partial charge in [-0.1, -0.05) is 6.07 Å². The number of nitrogens with two attached hydrogens (primary N) is 1. The maximum absolute atomic E-state index is 11.2. The molecule has 0 saturated heterocycles. The van der Waals surface area contributed by atoms with E-state index in [4.69, 9.17) is 10.5 Å². The summed E-state index contributed by atoms with van der Waals surface area (Å²) in [6, 6.07) is 5.09. The smallest absolute Gasteiger partial charge is 0.333 e. The molecule has 6 nitrogen and oxygen atoms in total. The Morgan fingerprint density at radius 3 is 2.67 bits per heavy atom. The lowest BCUT2D eigenvalue weighted by Crippen LogP contribution is -2.29. The highest BCUT2D eigenvalue weighted by atomic mass is 16.6. The van der Waals surface area contributed by atoms with E-state index in [-0.39, 0.29) is 5.69 Å². The van der Waals surface area contributed by atoms with Crippen molar-refractivity contribution in [1.82, 2.24) is 0 Å². The van der Waals surface area contributed by atoms with Crippen molar-refractivity contribution in [2.45, 2.75) is 13.8 Å². The molecule has 0 fully saturated rings. The second-order valence-electron chi connectivity index (χ2n) is 3.68. The highest BCUT2D eigenvalue weighted by Crippen LogP contribution is 2.36. The number of likely N-dealkylation sites (N-methyl/N-ethyl adjacent to an activating group) is 1. The Morgan fingerprint density at radius 1 is 1.44 bits per heavy atom. The van der Waals surface area contributed by atoms with Crippen LogP contribution in [-0.4, -0.2) is 31.2 Å². The van der Waals surface area contributed by atoms with Gasteiger partial charge in [-0.3, -0.25) is 10.1 Å². The van der Waals surface area contributed by atoms with Crippen LogP contribution in [0.4, 0.5) is 11.4 Å². The lowest BCUT2D eigenvalue weighted by atomic mass is 10.2. The van der Waals surface area contributed by atoms with Crippen LogP contribution >= 0.6 is 0 Å². The number of ether oxygens (including phenoxy) is 1. The summed E-state index contributed by atoms with van der Waals surface area (Å²) in [5.41, 5.74) is 6.09. The van der Waals surface area contributed by atoms with Crippen LogP contribution < -0.4 is 15.4 Å². The molecule has 0 spiro atoms. The number of nitrogens with zero attached hydrogens (tertiary/aromatic N) is 2. The second kappa shape index (κ2) is 6.80. The standard InChI is InChI=1S/C12H19N3O3/c1-3-14(9-8-13)10-6-5-7-11(18-4-2)12(10)15(16)17/h5-7H,3-4,8-9,13H2,1-2H3. The van der Waals surface area contributed by atoms with Crippen LogP contribution in [0.1, 0.15) is 13.8 Å². The molecule has 0 radical (unpaired) electrons. The normalized spacial score (nSPS) is 10.2. The molecule has 0 atom stereocenters. The zero-order valence-electron chi connectivity index (χ0n) is 10.8. The van der Waals surface area contributed by atoms with Gasteiger partial charge in [0, 0.05) is 19.6 Å². The van der Waals surface area contributed by atoms with Gasteiger partial charge in [-0.15, -0.1) is 0 Å². The number of nitro benzene ring substituents is 1. The van der Waals surface area contributed by atoms with Crippen LogP contribution in [0, 0.1) is 10.1 Å². The molecule has 1 rings (SSSR count). The van der Waals surface area contributed by atoms with Crippen molar-refractivity contribution in [2.75, 3.05) is 31.1 Å². The van der Waals surface area contributed by atoms with Gasteiger partial charge in [0.25, 0.3) is 0 Å².